The van der Waals surface area contributed by atoms with E-state index in [1.54, 1.807) is 0 Å². The fourth-order valence-electron chi connectivity index (χ4n) is 1.77. The van der Waals surface area contributed by atoms with Gasteiger partial charge < -0.3 is 10.1 Å². The Morgan fingerprint density at radius 3 is 3.20 bits per heavy atom. The van der Waals surface area contributed by atoms with Crippen molar-refractivity contribution < 1.29 is 4.74 Å². The van der Waals surface area contributed by atoms with E-state index in [2.05, 4.69) is 23.1 Å². The Hall–Kier alpha value is -0.560. The van der Waals surface area contributed by atoms with E-state index in [1.807, 2.05) is 0 Å². The van der Waals surface area contributed by atoms with Gasteiger partial charge in [0.15, 0.2) is 0 Å². The quantitative estimate of drug-likeness (QED) is 0.516. The minimum Gasteiger partial charge on any atom is -0.374 e. The summed E-state index contributed by atoms with van der Waals surface area (Å²) in [5.74, 6) is 2.64. The molecule has 1 unspecified atom stereocenters. The molecule has 1 N–H and O–H groups in total. The first-order valence-electron chi connectivity index (χ1n) is 5.85. The topological polar surface area (TPSA) is 24.5 Å². The zero-order valence-electron chi connectivity index (χ0n) is 9.67. The zero-order chi connectivity index (χ0) is 10.9. The van der Waals surface area contributed by atoms with Crippen molar-refractivity contribution >= 4 is 0 Å². The van der Waals surface area contributed by atoms with Gasteiger partial charge in [0.25, 0.3) is 0 Å². The molecule has 3 heteroatoms. The first kappa shape index (κ1) is 12.5. The maximum atomic E-state index is 5.67. The van der Waals surface area contributed by atoms with Gasteiger partial charge in [-0.2, -0.15) is 0 Å². The monoisotopic (exact) mass is 210 g/mol. The lowest BCUT2D eigenvalue weighted by atomic mass is 10.2. The number of likely N-dealkylation sites (N-methyl/N-ethyl adjacent to an activating group) is 1. The molecular formula is C12H22N2O. The molecule has 0 bridgehead atoms. The number of rotatable bonds is 6. The molecule has 0 aromatic rings. The van der Waals surface area contributed by atoms with Gasteiger partial charge in [-0.25, -0.2) is 0 Å². The van der Waals surface area contributed by atoms with Crippen molar-refractivity contribution in [1.29, 1.82) is 0 Å². The van der Waals surface area contributed by atoms with E-state index in [0.717, 1.165) is 52.2 Å². The van der Waals surface area contributed by atoms with Gasteiger partial charge in [-0.3, -0.25) is 4.90 Å². The molecule has 15 heavy (non-hydrogen) atoms. The van der Waals surface area contributed by atoms with Gasteiger partial charge in [-0.15, -0.1) is 12.3 Å². The van der Waals surface area contributed by atoms with Crippen molar-refractivity contribution in [2.24, 2.45) is 0 Å². The summed E-state index contributed by atoms with van der Waals surface area (Å²) in [5, 5.41) is 3.39. The molecule has 1 fully saturated rings. The minimum absolute atomic E-state index is 0.351. The number of nitrogens with one attached hydrogen (secondary N) is 1. The maximum Gasteiger partial charge on any atom is 0.0826 e. The van der Waals surface area contributed by atoms with E-state index in [0.29, 0.717) is 6.10 Å². The van der Waals surface area contributed by atoms with Crippen molar-refractivity contribution in [3.8, 4) is 12.3 Å². The fourth-order valence-corrected chi connectivity index (χ4v) is 1.77. The highest BCUT2D eigenvalue weighted by atomic mass is 16.5. The Kier molecular flexibility index (Phi) is 6.42. The summed E-state index contributed by atoms with van der Waals surface area (Å²) in [5.41, 5.74) is 0. The maximum absolute atomic E-state index is 5.67. The molecule has 1 saturated heterocycles. The van der Waals surface area contributed by atoms with Crippen LogP contribution in [-0.2, 0) is 4.74 Å². The Labute approximate surface area is 93.2 Å². The van der Waals surface area contributed by atoms with Crippen LogP contribution in [0.2, 0.25) is 0 Å². The first-order valence-corrected chi connectivity index (χ1v) is 5.85. The van der Waals surface area contributed by atoms with Gasteiger partial charge in [0.05, 0.1) is 12.7 Å². The Bertz CT molecular complexity index is 200. The third kappa shape index (κ3) is 5.17. The number of ether oxygens (including phenoxy) is 1. The molecule has 86 valence electrons. The van der Waals surface area contributed by atoms with Gasteiger partial charge >= 0.3 is 0 Å². The van der Waals surface area contributed by atoms with Crippen LogP contribution in [0.3, 0.4) is 0 Å². The summed E-state index contributed by atoms with van der Waals surface area (Å²) in [6.45, 7) is 8.25. The predicted molar refractivity (Wildman–Crippen MR) is 62.8 cm³/mol. The van der Waals surface area contributed by atoms with Gasteiger partial charge in [0.2, 0.25) is 0 Å². The SMILES string of the molecule is C#CCCCNCC1CN(CC)CCO1. The van der Waals surface area contributed by atoms with Gasteiger partial charge in [0.1, 0.15) is 0 Å². The normalized spacial score (nSPS) is 22.5. The third-order valence-corrected chi connectivity index (χ3v) is 2.72. The second-order valence-corrected chi connectivity index (χ2v) is 3.90. The molecule has 0 aromatic heterocycles. The summed E-state index contributed by atoms with van der Waals surface area (Å²) in [4.78, 5) is 2.43. The highest BCUT2D eigenvalue weighted by Gasteiger charge is 2.18. The molecule has 1 aliphatic heterocycles. The highest BCUT2D eigenvalue weighted by Crippen LogP contribution is 2.03. The third-order valence-electron chi connectivity index (χ3n) is 2.72. The van der Waals surface area contributed by atoms with Crippen LogP contribution >= 0.6 is 0 Å². The lowest BCUT2D eigenvalue weighted by Gasteiger charge is -2.32. The number of unbranched alkanes of at least 4 members (excludes halogenated alkanes) is 1. The van der Waals surface area contributed by atoms with Gasteiger partial charge in [0, 0.05) is 26.1 Å². The minimum atomic E-state index is 0.351. The molecule has 1 atom stereocenters. The highest BCUT2D eigenvalue weighted by molar-refractivity contribution is 4.83. The smallest absolute Gasteiger partial charge is 0.0826 e. The summed E-state index contributed by atoms with van der Waals surface area (Å²) in [6.07, 6.45) is 7.45. The summed E-state index contributed by atoms with van der Waals surface area (Å²) >= 11 is 0. The van der Waals surface area contributed by atoms with Crippen LogP contribution in [0.1, 0.15) is 19.8 Å². The van der Waals surface area contributed by atoms with Crippen molar-refractivity contribution in [3.63, 3.8) is 0 Å². The van der Waals surface area contributed by atoms with Crippen molar-refractivity contribution in [2.75, 3.05) is 39.3 Å². The summed E-state index contributed by atoms with van der Waals surface area (Å²) in [6, 6.07) is 0. The van der Waals surface area contributed by atoms with Crippen molar-refractivity contribution in [1.82, 2.24) is 10.2 Å². The first-order chi connectivity index (χ1) is 7.36. The van der Waals surface area contributed by atoms with E-state index in [1.165, 1.54) is 0 Å². The molecule has 0 radical (unpaired) electrons. The molecule has 0 spiro atoms. The standard InChI is InChI=1S/C12H22N2O/c1-3-5-6-7-13-10-12-11-14(4-2)8-9-15-12/h1,12-13H,4-11H2,2H3. The number of nitrogens with zero attached hydrogens (tertiary/aromatic N) is 1. The summed E-state index contributed by atoms with van der Waals surface area (Å²) < 4.78 is 5.67. The van der Waals surface area contributed by atoms with E-state index in [4.69, 9.17) is 11.2 Å². The molecule has 1 aliphatic rings. The van der Waals surface area contributed by atoms with Crippen LogP contribution in [0.25, 0.3) is 0 Å². The second-order valence-electron chi connectivity index (χ2n) is 3.90. The number of hydrogen-bond acceptors (Lipinski definition) is 3. The van der Waals surface area contributed by atoms with Crippen LogP contribution < -0.4 is 5.32 Å². The summed E-state index contributed by atoms with van der Waals surface area (Å²) in [7, 11) is 0. The van der Waals surface area contributed by atoms with Gasteiger partial charge in [-0.1, -0.05) is 6.92 Å². The largest absolute Gasteiger partial charge is 0.374 e. The second kappa shape index (κ2) is 7.70. The molecule has 3 nitrogen and oxygen atoms in total. The zero-order valence-corrected chi connectivity index (χ0v) is 9.67. The molecule has 0 amide bonds. The van der Waals surface area contributed by atoms with Crippen LogP contribution in [0.5, 0.6) is 0 Å². The van der Waals surface area contributed by atoms with Crippen LogP contribution in [0.15, 0.2) is 0 Å². The van der Waals surface area contributed by atoms with Crippen LogP contribution in [-0.4, -0.2) is 50.3 Å². The number of morpholine rings is 1. The van der Waals surface area contributed by atoms with E-state index < -0.39 is 0 Å². The molecule has 0 saturated carbocycles. The van der Waals surface area contributed by atoms with Crippen molar-refractivity contribution in [2.45, 2.75) is 25.9 Å². The number of terminal acetylenes is 1. The average molecular weight is 210 g/mol. The van der Waals surface area contributed by atoms with Gasteiger partial charge in [-0.05, 0) is 19.5 Å². The molecule has 1 rings (SSSR count). The lowest BCUT2D eigenvalue weighted by molar-refractivity contribution is -0.0251. The molecule has 0 aliphatic carbocycles. The molecular weight excluding hydrogens is 188 g/mol. The molecule has 1 heterocycles. The van der Waals surface area contributed by atoms with Crippen molar-refractivity contribution in [3.05, 3.63) is 0 Å². The van der Waals surface area contributed by atoms with E-state index in [9.17, 15) is 0 Å². The number of hydrogen-bond donors (Lipinski definition) is 1. The Morgan fingerprint density at radius 2 is 2.47 bits per heavy atom. The van der Waals surface area contributed by atoms with E-state index >= 15 is 0 Å². The Balaban J connectivity index is 2.03. The van der Waals surface area contributed by atoms with Crippen LogP contribution in [0.4, 0.5) is 0 Å². The van der Waals surface area contributed by atoms with E-state index in [-0.39, 0.29) is 0 Å². The average Bonchev–Trinajstić information content (AvgIpc) is 2.29. The predicted octanol–water partition coefficient (Wildman–Crippen LogP) is 0.710. The Morgan fingerprint density at radius 1 is 1.60 bits per heavy atom. The lowest BCUT2D eigenvalue weighted by Crippen LogP contribution is -2.46. The van der Waals surface area contributed by atoms with Crippen LogP contribution in [0, 0.1) is 12.3 Å². The molecule has 0 aromatic carbocycles. The fraction of sp³-hybridized carbons (Fsp3) is 0.833.